The van der Waals surface area contributed by atoms with E-state index in [1.54, 1.807) is 6.08 Å². The number of halogens is 3. The van der Waals surface area contributed by atoms with Crippen molar-refractivity contribution in [1.29, 1.82) is 0 Å². The van der Waals surface area contributed by atoms with Crippen molar-refractivity contribution in [2.75, 3.05) is 0 Å². The molecular formula is C7H10F3NO3S. The van der Waals surface area contributed by atoms with Crippen LogP contribution in [0.2, 0.25) is 0 Å². The molecule has 0 atom stereocenters. The second-order valence-corrected chi connectivity index (χ2v) is 4.60. The van der Waals surface area contributed by atoms with Gasteiger partial charge in [0, 0.05) is 5.70 Å². The standard InChI is InChI=1S/C7H10F3NO3S/c8-7(9,10)15(12,13)14-11-6-4-2-1-3-5-6/h4,11H,1-3,5H2. The molecule has 0 saturated carbocycles. The fourth-order valence-corrected chi connectivity index (χ4v) is 1.40. The van der Waals surface area contributed by atoms with Gasteiger partial charge in [-0.15, -0.1) is 4.28 Å². The molecule has 0 fully saturated rings. The van der Waals surface area contributed by atoms with Crippen molar-refractivity contribution >= 4 is 10.1 Å². The van der Waals surface area contributed by atoms with Gasteiger partial charge in [-0.05, 0) is 25.7 Å². The van der Waals surface area contributed by atoms with Crippen molar-refractivity contribution in [1.82, 2.24) is 5.48 Å². The molecule has 0 saturated heterocycles. The first-order chi connectivity index (χ1) is 6.83. The summed E-state index contributed by atoms with van der Waals surface area (Å²) < 4.78 is 60.0. The normalized spacial score (nSPS) is 18.5. The summed E-state index contributed by atoms with van der Waals surface area (Å²) in [6, 6.07) is 0. The average Bonchev–Trinajstić information content (AvgIpc) is 2.15. The molecule has 0 aromatic carbocycles. The number of hydrogen-bond acceptors (Lipinski definition) is 4. The molecule has 8 heteroatoms. The lowest BCUT2D eigenvalue weighted by Gasteiger charge is -2.14. The molecule has 0 spiro atoms. The SMILES string of the molecule is O=S(=O)(ONC1=CCCCC1)C(F)(F)F. The molecule has 0 bridgehead atoms. The quantitative estimate of drug-likeness (QED) is 0.608. The van der Waals surface area contributed by atoms with Crippen LogP contribution < -0.4 is 5.48 Å². The van der Waals surface area contributed by atoms with Gasteiger partial charge in [0.1, 0.15) is 0 Å². The zero-order valence-electron chi connectivity index (χ0n) is 7.67. The fourth-order valence-electron chi connectivity index (χ4n) is 1.09. The molecular weight excluding hydrogens is 235 g/mol. The third-order valence-corrected chi connectivity index (χ3v) is 2.73. The minimum absolute atomic E-state index is 0.370. The Balaban J connectivity index is 2.53. The lowest BCUT2D eigenvalue weighted by atomic mass is 10.1. The molecule has 0 aliphatic heterocycles. The Morgan fingerprint density at radius 1 is 1.33 bits per heavy atom. The molecule has 0 aromatic heterocycles. The molecule has 1 N–H and O–H groups in total. The van der Waals surface area contributed by atoms with Gasteiger partial charge in [-0.1, -0.05) is 6.08 Å². The molecule has 88 valence electrons. The summed E-state index contributed by atoms with van der Waals surface area (Å²) in [5.41, 5.74) is -3.20. The summed E-state index contributed by atoms with van der Waals surface area (Å²) in [6.45, 7) is 0. The van der Waals surface area contributed by atoms with Crippen LogP contribution in [0.25, 0.3) is 0 Å². The van der Waals surface area contributed by atoms with Gasteiger partial charge in [0.2, 0.25) is 0 Å². The van der Waals surface area contributed by atoms with Gasteiger partial charge in [-0.2, -0.15) is 21.6 Å². The minimum atomic E-state index is -5.55. The van der Waals surface area contributed by atoms with Crippen molar-refractivity contribution in [3.63, 3.8) is 0 Å². The van der Waals surface area contributed by atoms with Crippen LogP contribution >= 0.6 is 0 Å². The summed E-state index contributed by atoms with van der Waals surface area (Å²) >= 11 is 0. The zero-order chi connectivity index (χ0) is 11.5. The topological polar surface area (TPSA) is 55.4 Å². The van der Waals surface area contributed by atoms with Crippen molar-refractivity contribution in [3.8, 4) is 0 Å². The maximum absolute atomic E-state index is 11.8. The second kappa shape index (κ2) is 4.40. The van der Waals surface area contributed by atoms with Crippen LogP contribution in [0.3, 0.4) is 0 Å². The van der Waals surface area contributed by atoms with E-state index in [-0.39, 0.29) is 0 Å². The molecule has 0 unspecified atom stereocenters. The first-order valence-corrected chi connectivity index (χ1v) is 5.68. The molecule has 0 radical (unpaired) electrons. The molecule has 1 aliphatic carbocycles. The van der Waals surface area contributed by atoms with Crippen LogP contribution in [0, 0.1) is 0 Å². The van der Waals surface area contributed by atoms with Gasteiger partial charge in [0.05, 0.1) is 0 Å². The van der Waals surface area contributed by atoms with E-state index in [0.717, 1.165) is 12.8 Å². The monoisotopic (exact) mass is 245 g/mol. The summed E-state index contributed by atoms with van der Waals surface area (Å²) in [4.78, 5) is 0. The fraction of sp³-hybridized carbons (Fsp3) is 0.714. The van der Waals surface area contributed by atoms with E-state index in [1.165, 1.54) is 0 Å². The number of rotatable bonds is 3. The summed E-state index contributed by atoms with van der Waals surface area (Å²) in [7, 11) is -5.55. The number of alkyl halides is 3. The maximum Gasteiger partial charge on any atom is 0.525 e. The average molecular weight is 245 g/mol. The number of hydrogen-bond donors (Lipinski definition) is 1. The van der Waals surface area contributed by atoms with Crippen LogP contribution in [0.4, 0.5) is 13.2 Å². The van der Waals surface area contributed by atoms with Gasteiger partial charge in [0.15, 0.2) is 0 Å². The number of allylic oxidation sites excluding steroid dienone is 2. The number of nitrogens with one attached hydrogen (secondary N) is 1. The largest absolute Gasteiger partial charge is 0.525 e. The van der Waals surface area contributed by atoms with E-state index < -0.39 is 15.6 Å². The molecule has 0 amide bonds. The van der Waals surface area contributed by atoms with Crippen molar-refractivity contribution in [2.24, 2.45) is 0 Å². The second-order valence-electron chi connectivity index (χ2n) is 3.06. The van der Waals surface area contributed by atoms with Crippen molar-refractivity contribution in [2.45, 2.75) is 31.2 Å². The Hall–Kier alpha value is -0.760. The van der Waals surface area contributed by atoms with E-state index >= 15 is 0 Å². The molecule has 1 rings (SSSR count). The lowest BCUT2D eigenvalue weighted by molar-refractivity contribution is -0.0573. The van der Waals surface area contributed by atoms with Gasteiger partial charge in [0.25, 0.3) is 0 Å². The molecule has 0 heterocycles. The highest BCUT2D eigenvalue weighted by Crippen LogP contribution is 2.24. The molecule has 4 nitrogen and oxygen atoms in total. The van der Waals surface area contributed by atoms with E-state index in [0.29, 0.717) is 18.5 Å². The first kappa shape index (κ1) is 12.3. The Morgan fingerprint density at radius 2 is 2.00 bits per heavy atom. The summed E-state index contributed by atoms with van der Waals surface area (Å²) in [5.74, 6) is 0. The Kier molecular flexibility index (Phi) is 3.61. The predicted octanol–water partition coefficient (Wildman–Crippen LogP) is 1.82. The van der Waals surface area contributed by atoms with Gasteiger partial charge < -0.3 is 0 Å². The molecule has 1 aliphatic rings. The van der Waals surface area contributed by atoms with E-state index in [1.807, 2.05) is 5.48 Å². The third kappa shape index (κ3) is 3.38. The smallest absolute Gasteiger partial charge is 0.254 e. The summed E-state index contributed by atoms with van der Waals surface area (Å²) in [6.07, 6.45) is 4.56. The van der Waals surface area contributed by atoms with Crippen molar-refractivity contribution < 1.29 is 25.9 Å². The first-order valence-electron chi connectivity index (χ1n) is 4.28. The maximum atomic E-state index is 11.8. The Bertz CT molecular complexity index is 347. The third-order valence-electron chi connectivity index (χ3n) is 1.86. The summed E-state index contributed by atoms with van der Waals surface area (Å²) in [5, 5.41) is 0. The lowest BCUT2D eigenvalue weighted by Crippen LogP contribution is -2.31. The number of hydroxylamine groups is 1. The Labute approximate surface area is 85.2 Å². The predicted molar refractivity (Wildman–Crippen MR) is 45.7 cm³/mol. The molecule has 0 aromatic rings. The van der Waals surface area contributed by atoms with Gasteiger partial charge >= 0.3 is 15.6 Å². The van der Waals surface area contributed by atoms with E-state index in [4.69, 9.17) is 0 Å². The Morgan fingerprint density at radius 3 is 2.47 bits per heavy atom. The highest BCUT2D eigenvalue weighted by molar-refractivity contribution is 7.87. The van der Waals surface area contributed by atoms with Crippen LogP contribution in [-0.2, 0) is 14.4 Å². The zero-order valence-corrected chi connectivity index (χ0v) is 8.49. The van der Waals surface area contributed by atoms with Crippen LogP contribution in [0.1, 0.15) is 25.7 Å². The van der Waals surface area contributed by atoms with Crippen molar-refractivity contribution in [3.05, 3.63) is 11.8 Å². The van der Waals surface area contributed by atoms with Gasteiger partial charge in [-0.3, -0.25) is 5.48 Å². The van der Waals surface area contributed by atoms with Crippen LogP contribution in [0.5, 0.6) is 0 Å². The van der Waals surface area contributed by atoms with Gasteiger partial charge in [-0.25, -0.2) is 0 Å². The van der Waals surface area contributed by atoms with E-state index in [9.17, 15) is 21.6 Å². The highest BCUT2D eigenvalue weighted by Gasteiger charge is 2.48. The van der Waals surface area contributed by atoms with Crippen LogP contribution in [-0.4, -0.2) is 13.9 Å². The molecule has 15 heavy (non-hydrogen) atoms. The van der Waals surface area contributed by atoms with E-state index in [2.05, 4.69) is 4.28 Å². The van der Waals surface area contributed by atoms with Crippen LogP contribution in [0.15, 0.2) is 11.8 Å². The highest BCUT2D eigenvalue weighted by atomic mass is 32.2. The minimum Gasteiger partial charge on any atom is -0.254 e.